The fraction of sp³-hybridized carbons (Fsp3) is 0.500. The van der Waals surface area contributed by atoms with E-state index in [1.54, 1.807) is 18.2 Å². The Morgan fingerprint density at radius 1 is 1.58 bits per heavy atom. The molecule has 3 nitrogen and oxygen atoms in total. The van der Waals surface area contributed by atoms with E-state index >= 15 is 0 Å². The fourth-order valence-electron chi connectivity index (χ4n) is 2.37. The molecular formula is C14H18BrClN2O. The lowest BCUT2D eigenvalue weighted by molar-refractivity contribution is 0.0906. The molecule has 19 heavy (non-hydrogen) atoms. The van der Waals surface area contributed by atoms with Crippen LogP contribution in [0.5, 0.6) is 0 Å². The first-order valence-electron chi connectivity index (χ1n) is 6.58. The Kier molecular flexibility index (Phi) is 5.25. The minimum Gasteiger partial charge on any atom is -0.348 e. The molecule has 0 aromatic heterocycles. The van der Waals surface area contributed by atoms with Gasteiger partial charge in [0.05, 0.1) is 5.02 Å². The van der Waals surface area contributed by atoms with Crippen molar-refractivity contribution < 1.29 is 4.79 Å². The average Bonchev–Trinajstić information content (AvgIpc) is 2.42. The molecule has 1 saturated heterocycles. The molecule has 104 valence electrons. The second kappa shape index (κ2) is 6.73. The lowest BCUT2D eigenvalue weighted by atomic mass is 10.1. The Balaban J connectivity index is 1.98. The van der Waals surface area contributed by atoms with E-state index in [2.05, 4.69) is 33.1 Å². The van der Waals surface area contributed by atoms with Crippen LogP contribution in [0.15, 0.2) is 22.7 Å². The number of nitrogens with zero attached hydrogens (tertiary/aromatic N) is 1. The molecule has 0 bridgehead atoms. The van der Waals surface area contributed by atoms with Crippen molar-refractivity contribution in [1.29, 1.82) is 0 Å². The van der Waals surface area contributed by atoms with Gasteiger partial charge in [-0.1, -0.05) is 18.5 Å². The predicted octanol–water partition coefficient (Wildman–Crippen LogP) is 3.32. The molecule has 1 aliphatic rings. The first-order chi connectivity index (χ1) is 9.10. The second-order valence-electron chi connectivity index (χ2n) is 4.83. The molecule has 1 amide bonds. The van der Waals surface area contributed by atoms with Crippen LogP contribution in [0.3, 0.4) is 0 Å². The van der Waals surface area contributed by atoms with Gasteiger partial charge in [0, 0.05) is 22.6 Å². The Morgan fingerprint density at radius 3 is 3.05 bits per heavy atom. The van der Waals surface area contributed by atoms with Gasteiger partial charge in [-0.05, 0) is 60.1 Å². The summed E-state index contributed by atoms with van der Waals surface area (Å²) in [4.78, 5) is 14.5. The molecule has 1 N–H and O–H groups in total. The van der Waals surface area contributed by atoms with Crippen molar-refractivity contribution in [3.05, 3.63) is 33.3 Å². The predicted molar refractivity (Wildman–Crippen MR) is 81.8 cm³/mol. The molecule has 0 saturated carbocycles. The number of amides is 1. The van der Waals surface area contributed by atoms with E-state index in [1.165, 1.54) is 0 Å². The number of nitrogens with one attached hydrogen (secondary N) is 1. The molecule has 0 aliphatic carbocycles. The summed E-state index contributed by atoms with van der Waals surface area (Å²) in [5.41, 5.74) is 0.643. The minimum atomic E-state index is -0.0275. The smallest absolute Gasteiger partial charge is 0.251 e. The summed E-state index contributed by atoms with van der Waals surface area (Å²) < 4.78 is 0.751. The normalized spacial score (nSPS) is 20.3. The number of piperidine rings is 1. The van der Waals surface area contributed by atoms with Gasteiger partial charge in [-0.15, -0.1) is 0 Å². The van der Waals surface area contributed by atoms with Gasteiger partial charge in [-0.3, -0.25) is 4.79 Å². The molecule has 0 radical (unpaired) electrons. The first-order valence-corrected chi connectivity index (χ1v) is 7.75. The van der Waals surface area contributed by atoms with E-state index < -0.39 is 0 Å². The number of carbonyl (C=O) groups is 1. The van der Waals surface area contributed by atoms with Crippen molar-refractivity contribution in [1.82, 2.24) is 10.2 Å². The summed E-state index contributed by atoms with van der Waals surface area (Å²) in [5, 5.41) is 3.72. The Bertz CT molecular complexity index is 467. The van der Waals surface area contributed by atoms with Gasteiger partial charge in [-0.2, -0.15) is 0 Å². The molecular weight excluding hydrogens is 328 g/mol. The Hall–Kier alpha value is -0.580. The Morgan fingerprint density at radius 2 is 2.37 bits per heavy atom. The van der Waals surface area contributed by atoms with Crippen LogP contribution in [0.25, 0.3) is 0 Å². The maximum absolute atomic E-state index is 12.2. The molecule has 1 heterocycles. The molecule has 1 aliphatic heterocycles. The van der Waals surface area contributed by atoms with Crippen molar-refractivity contribution in [2.24, 2.45) is 0 Å². The highest BCUT2D eigenvalue weighted by Gasteiger charge is 2.20. The van der Waals surface area contributed by atoms with Crippen LogP contribution in [0.4, 0.5) is 0 Å². The largest absolute Gasteiger partial charge is 0.348 e. The number of rotatable bonds is 3. The molecule has 1 aromatic carbocycles. The summed E-state index contributed by atoms with van der Waals surface area (Å²) in [5.74, 6) is -0.0275. The topological polar surface area (TPSA) is 32.3 Å². The number of carbonyl (C=O) groups excluding carboxylic acids is 1. The van der Waals surface area contributed by atoms with Crippen molar-refractivity contribution in [2.75, 3.05) is 19.6 Å². The molecule has 1 atom stereocenters. The number of likely N-dealkylation sites (tertiary alicyclic amines) is 1. The van der Waals surface area contributed by atoms with Crippen LogP contribution < -0.4 is 5.32 Å². The zero-order valence-electron chi connectivity index (χ0n) is 11.0. The van der Waals surface area contributed by atoms with E-state index in [4.69, 9.17) is 11.6 Å². The van der Waals surface area contributed by atoms with Crippen LogP contribution in [0.2, 0.25) is 5.02 Å². The number of benzene rings is 1. The van der Waals surface area contributed by atoms with Gasteiger partial charge in [0.1, 0.15) is 0 Å². The van der Waals surface area contributed by atoms with E-state index in [1.807, 2.05) is 0 Å². The van der Waals surface area contributed by atoms with Gasteiger partial charge in [0.2, 0.25) is 0 Å². The van der Waals surface area contributed by atoms with Gasteiger partial charge in [0.15, 0.2) is 0 Å². The van der Waals surface area contributed by atoms with Crippen molar-refractivity contribution >= 4 is 33.4 Å². The van der Waals surface area contributed by atoms with Crippen molar-refractivity contribution in [2.45, 2.75) is 25.8 Å². The molecule has 2 rings (SSSR count). The number of likely N-dealkylation sites (N-methyl/N-ethyl adjacent to an activating group) is 1. The fourth-order valence-corrected chi connectivity index (χ4v) is 2.86. The third-order valence-corrected chi connectivity index (χ3v) is 4.68. The van der Waals surface area contributed by atoms with Crippen LogP contribution >= 0.6 is 27.5 Å². The maximum Gasteiger partial charge on any atom is 0.251 e. The van der Waals surface area contributed by atoms with Crippen LogP contribution in [0, 0.1) is 0 Å². The summed E-state index contributed by atoms with van der Waals surface area (Å²) in [6.07, 6.45) is 2.19. The van der Waals surface area contributed by atoms with Gasteiger partial charge >= 0.3 is 0 Å². The zero-order chi connectivity index (χ0) is 13.8. The summed E-state index contributed by atoms with van der Waals surface area (Å²) in [6.45, 7) is 5.27. The van der Waals surface area contributed by atoms with E-state index in [0.29, 0.717) is 10.6 Å². The van der Waals surface area contributed by atoms with Crippen molar-refractivity contribution in [3.8, 4) is 0 Å². The quantitative estimate of drug-likeness (QED) is 0.911. The second-order valence-corrected chi connectivity index (χ2v) is 6.10. The SMILES string of the molecule is CCN1CCCC(NC(=O)c2ccc(Cl)c(Br)c2)C1. The summed E-state index contributed by atoms with van der Waals surface area (Å²) in [6, 6.07) is 5.50. The third kappa shape index (κ3) is 3.94. The summed E-state index contributed by atoms with van der Waals surface area (Å²) >= 11 is 9.27. The first kappa shape index (κ1) is 14.8. The van der Waals surface area contributed by atoms with E-state index in [-0.39, 0.29) is 11.9 Å². The highest BCUT2D eigenvalue weighted by atomic mass is 79.9. The lowest BCUT2D eigenvalue weighted by Gasteiger charge is -2.32. The monoisotopic (exact) mass is 344 g/mol. The minimum absolute atomic E-state index is 0.0275. The summed E-state index contributed by atoms with van der Waals surface area (Å²) in [7, 11) is 0. The highest BCUT2D eigenvalue weighted by Crippen LogP contribution is 2.23. The van der Waals surface area contributed by atoms with E-state index in [0.717, 1.165) is 36.9 Å². The molecule has 1 aromatic rings. The van der Waals surface area contributed by atoms with Gasteiger partial charge in [0.25, 0.3) is 5.91 Å². The zero-order valence-corrected chi connectivity index (χ0v) is 13.3. The molecule has 1 fully saturated rings. The lowest BCUT2D eigenvalue weighted by Crippen LogP contribution is -2.47. The third-order valence-electron chi connectivity index (χ3n) is 3.47. The Labute approximate surface area is 127 Å². The van der Waals surface area contributed by atoms with E-state index in [9.17, 15) is 4.79 Å². The van der Waals surface area contributed by atoms with Crippen LogP contribution in [-0.2, 0) is 0 Å². The van der Waals surface area contributed by atoms with Gasteiger partial charge < -0.3 is 10.2 Å². The molecule has 0 spiro atoms. The van der Waals surface area contributed by atoms with Crippen LogP contribution in [0.1, 0.15) is 30.1 Å². The number of hydrogen-bond acceptors (Lipinski definition) is 2. The standard InChI is InChI=1S/C14H18BrClN2O/c1-2-18-7-3-4-11(9-18)17-14(19)10-5-6-13(16)12(15)8-10/h5-6,8,11H,2-4,7,9H2,1H3,(H,17,19). The average molecular weight is 346 g/mol. The molecule has 5 heteroatoms. The molecule has 1 unspecified atom stereocenters. The van der Waals surface area contributed by atoms with Crippen molar-refractivity contribution in [3.63, 3.8) is 0 Å². The number of hydrogen-bond donors (Lipinski definition) is 1. The highest BCUT2D eigenvalue weighted by molar-refractivity contribution is 9.10. The maximum atomic E-state index is 12.2. The van der Waals surface area contributed by atoms with Crippen LogP contribution in [-0.4, -0.2) is 36.5 Å². The van der Waals surface area contributed by atoms with Gasteiger partial charge in [-0.25, -0.2) is 0 Å². The number of halogens is 2.